The van der Waals surface area contributed by atoms with Gasteiger partial charge in [-0.3, -0.25) is 4.90 Å². The van der Waals surface area contributed by atoms with Crippen LogP contribution in [0.5, 0.6) is 0 Å². The van der Waals surface area contributed by atoms with E-state index >= 15 is 0 Å². The fraction of sp³-hybridized carbons (Fsp3) is 0.667. The van der Waals surface area contributed by atoms with Gasteiger partial charge < -0.3 is 9.84 Å². The number of likely N-dealkylation sites (tertiary alicyclic amines) is 1. The van der Waals surface area contributed by atoms with Crippen molar-refractivity contribution >= 4 is 0 Å². The minimum Gasteiger partial charge on any atom is -0.391 e. The molecule has 1 N–H and O–H groups in total. The Bertz CT molecular complexity index is 414. The minimum atomic E-state index is -0.219. The molecule has 1 aromatic carbocycles. The third kappa shape index (κ3) is 4.06. The second-order valence-corrected chi connectivity index (χ2v) is 6.47. The number of hydrogen-bond acceptors (Lipinski definition) is 3. The van der Waals surface area contributed by atoms with E-state index < -0.39 is 0 Å². The molecule has 0 radical (unpaired) electrons. The molecule has 3 rings (SSSR count). The van der Waals surface area contributed by atoms with E-state index in [-0.39, 0.29) is 12.2 Å². The maximum Gasteiger partial charge on any atom is 0.0721 e. The number of aliphatic hydroxyl groups is 1. The molecule has 1 heterocycles. The molecule has 3 heteroatoms. The number of aliphatic hydroxyl groups excluding tert-OH is 1. The first-order valence-corrected chi connectivity index (χ1v) is 8.40. The van der Waals surface area contributed by atoms with Gasteiger partial charge in [-0.15, -0.1) is 0 Å². The van der Waals surface area contributed by atoms with Gasteiger partial charge in [-0.2, -0.15) is 0 Å². The molecule has 0 amide bonds. The lowest BCUT2D eigenvalue weighted by atomic mass is 10.1. The Kier molecular flexibility index (Phi) is 5.28. The lowest BCUT2D eigenvalue weighted by Gasteiger charge is -2.29. The molecule has 1 aliphatic carbocycles. The predicted molar refractivity (Wildman–Crippen MR) is 84.1 cm³/mol. The van der Waals surface area contributed by atoms with Gasteiger partial charge in [0.25, 0.3) is 0 Å². The van der Waals surface area contributed by atoms with E-state index in [1.807, 2.05) is 18.2 Å². The van der Waals surface area contributed by atoms with Crippen molar-refractivity contribution in [1.29, 1.82) is 0 Å². The van der Waals surface area contributed by atoms with Crippen LogP contribution in [0.3, 0.4) is 0 Å². The van der Waals surface area contributed by atoms with Gasteiger partial charge in [0.05, 0.1) is 18.8 Å². The molecule has 2 aliphatic rings. The van der Waals surface area contributed by atoms with Crippen molar-refractivity contribution < 1.29 is 9.84 Å². The highest BCUT2D eigenvalue weighted by Crippen LogP contribution is 2.29. The molecule has 1 saturated carbocycles. The summed E-state index contributed by atoms with van der Waals surface area (Å²) in [4.78, 5) is 2.50. The predicted octanol–water partition coefficient (Wildman–Crippen LogP) is 2.97. The van der Waals surface area contributed by atoms with Gasteiger partial charge in [-0.1, -0.05) is 43.2 Å². The van der Waals surface area contributed by atoms with Gasteiger partial charge in [0.1, 0.15) is 0 Å². The van der Waals surface area contributed by atoms with Crippen LogP contribution in [0.25, 0.3) is 0 Å². The molecule has 2 fully saturated rings. The topological polar surface area (TPSA) is 32.7 Å². The lowest BCUT2D eigenvalue weighted by Crippen LogP contribution is -2.41. The van der Waals surface area contributed by atoms with Crippen LogP contribution in [0.15, 0.2) is 30.3 Å². The molecular weight excluding hydrogens is 262 g/mol. The maximum atomic E-state index is 10.4. The SMILES string of the molecule is O[C@H]1C[C@@H](OCc2ccccc2)C[C@@H]1N1CCCCCC1. The smallest absolute Gasteiger partial charge is 0.0721 e. The van der Waals surface area contributed by atoms with Gasteiger partial charge >= 0.3 is 0 Å². The summed E-state index contributed by atoms with van der Waals surface area (Å²) < 4.78 is 6.03. The van der Waals surface area contributed by atoms with Gasteiger partial charge in [0.15, 0.2) is 0 Å². The molecule has 1 aliphatic heterocycles. The second kappa shape index (κ2) is 7.39. The van der Waals surface area contributed by atoms with Crippen LogP contribution in [0.1, 0.15) is 44.1 Å². The van der Waals surface area contributed by atoms with Crippen molar-refractivity contribution in [3.8, 4) is 0 Å². The van der Waals surface area contributed by atoms with Gasteiger partial charge in [0.2, 0.25) is 0 Å². The van der Waals surface area contributed by atoms with Crippen LogP contribution < -0.4 is 0 Å². The fourth-order valence-corrected chi connectivity index (χ4v) is 3.69. The normalized spacial score (nSPS) is 31.2. The fourth-order valence-electron chi connectivity index (χ4n) is 3.69. The van der Waals surface area contributed by atoms with E-state index in [1.165, 1.54) is 31.2 Å². The second-order valence-electron chi connectivity index (χ2n) is 6.47. The Balaban J connectivity index is 1.50. The molecule has 116 valence electrons. The summed E-state index contributed by atoms with van der Waals surface area (Å²) in [6, 6.07) is 10.6. The molecule has 0 spiro atoms. The number of hydrogen-bond donors (Lipinski definition) is 1. The number of nitrogens with zero attached hydrogens (tertiary/aromatic N) is 1. The Morgan fingerprint density at radius 2 is 1.71 bits per heavy atom. The highest BCUT2D eigenvalue weighted by atomic mass is 16.5. The monoisotopic (exact) mass is 289 g/mol. The molecule has 0 unspecified atom stereocenters. The highest BCUT2D eigenvalue weighted by Gasteiger charge is 2.37. The summed E-state index contributed by atoms with van der Waals surface area (Å²) in [7, 11) is 0. The Hall–Kier alpha value is -0.900. The molecular formula is C18H27NO2. The van der Waals surface area contributed by atoms with Crippen molar-refractivity contribution in [2.45, 2.75) is 63.4 Å². The lowest BCUT2D eigenvalue weighted by molar-refractivity contribution is 0.0356. The van der Waals surface area contributed by atoms with Crippen molar-refractivity contribution in [2.24, 2.45) is 0 Å². The van der Waals surface area contributed by atoms with Crippen LogP contribution in [0.2, 0.25) is 0 Å². The van der Waals surface area contributed by atoms with Gasteiger partial charge in [-0.05, 0) is 37.9 Å². The summed E-state index contributed by atoms with van der Waals surface area (Å²) in [5.74, 6) is 0. The first kappa shape index (κ1) is 15.0. The van der Waals surface area contributed by atoms with E-state index in [0.717, 1.165) is 25.9 Å². The van der Waals surface area contributed by atoms with E-state index in [2.05, 4.69) is 17.0 Å². The Morgan fingerprint density at radius 1 is 1.00 bits per heavy atom. The molecule has 1 aromatic rings. The first-order chi connectivity index (χ1) is 10.3. The van der Waals surface area contributed by atoms with E-state index in [9.17, 15) is 5.11 Å². The van der Waals surface area contributed by atoms with Gasteiger partial charge in [-0.25, -0.2) is 0 Å². The van der Waals surface area contributed by atoms with Crippen molar-refractivity contribution in [1.82, 2.24) is 4.90 Å². The van der Waals surface area contributed by atoms with Crippen molar-refractivity contribution in [3.05, 3.63) is 35.9 Å². The number of benzene rings is 1. The molecule has 3 nitrogen and oxygen atoms in total. The zero-order valence-corrected chi connectivity index (χ0v) is 12.8. The molecule has 3 atom stereocenters. The maximum absolute atomic E-state index is 10.4. The number of rotatable bonds is 4. The van der Waals surface area contributed by atoms with Crippen LogP contribution >= 0.6 is 0 Å². The van der Waals surface area contributed by atoms with Crippen LogP contribution in [-0.4, -0.2) is 41.3 Å². The zero-order chi connectivity index (χ0) is 14.5. The van der Waals surface area contributed by atoms with E-state index in [1.54, 1.807) is 0 Å². The molecule has 0 bridgehead atoms. The third-order valence-corrected chi connectivity index (χ3v) is 4.89. The van der Waals surface area contributed by atoms with E-state index in [0.29, 0.717) is 12.6 Å². The highest BCUT2D eigenvalue weighted by molar-refractivity contribution is 5.13. The minimum absolute atomic E-state index is 0.202. The average Bonchev–Trinajstić information content (AvgIpc) is 2.73. The molecule has 21 heavy (non-hydrogen) atoms. The van der Waals surface area contributed by atoms with Crippen LogP contribution in [0, 0.1) is 0 Å². The van der Waals surface area contributed by atoms with E-state index in [4.69, 9.17) is 4.74 Å². The Morgan fingerprint density at radius 3 is 2.43 bits per heavy atom. The Labute approximate surface area is 127 Å². The average molecular weight is 289 g/mol. The summed E-state index contributed by atoms with van der Waals surface area (Å²) in [5.41, 5.74) is 1.21. The van der Waals surface area contributed by atoms with Crippen LogP contribution in [-0.2, 0) is 11.3 Å². The van der Waals surface area contributed by atoms with Crippen LogP contribution in [0.4, 0.5) is 0 Å². The zero-order valence-electron chi connectivity index (χ0n) is 12.8. The largest absolute Gasteiger partial charge is 0.391 e. The summed E-state index contributed by atoms with van der Waals surface area (Å²) >= 11 is 0. The summed E-state index contributed by atoms with van der Waals surface area (Å²) in [6.07, 6.45) is 6.98. The first-order valence-electron chi connectivity index (χ1n) is 8.40. The van der Waals surface area contributed by atoms with Crippen molar-refractivity contribution in [3.63, 3.8) is 0 Å². The van der Waals surface area contributed by atoms with Crippen molar-refractivity contribution in [2.75, 3.05) is 13.1 Å². The number of ether oxygens (including phenoxy) is 1. The molecule has 1 saturated heterocycles. The third-order valence-electron chi connectivity index (χ3n) is 4.89. The quantitative estimate of drug-likeness (QED) is 0.925. The summed E-state index contributed by atoms with van der Waals surface area (Å²) in [6.45, 7) is 2.95. The van der Waals surface area contributed by atoms with Gasteiger partial charge in [0, 0.05) is 12.5 Å². The molecule has 0 aromatic heterocycles. The standard InChI is InChI=1S/C18H27NO2/c20-18-13-16(21-14-15-8-4-3-5-9-15)12-17(18)19-10-6-1-2-7-11-19/h3-5,8-9,16-18,20H,1-2,6-7,10-14H2/t16-,17-,18-/m0/s1. The summed E-state index contributed by atoms with van der Waals surface area (Å²) in [5, 5.41) is 10.4.